The standard InChI is InChI=1S/C27H38N6O5S/c1-16(28-5)24(34)31-23(27(2,3)4)26(36)32-14-12-21-22(32)18(15-33(21)39(6,37)38)25(35)30-20-11-7-10-19-17(20)9-8-13-29-19/h7-11,13,16,18,21-23,28H,12,14-15H2,1-6H3,(H,30,35)(H,31,34)/t16-,18+,21-,22-,23-/m1/s1. The van der Waals surface area contributed by atoms with Crippen LogP contribution in [0.1, 0.15) is 34.1 Å². The number of likely N-dealkylation sites (N-methyl/N-ethyl adjacent to an activating group) is 1. The van der Waals surface area contributed by atoms with Crippen LogP contribution in [-0.2, 0) is 24.4 Å². The Morgan fingerprint density at radius 2 is 1.85 bits per heavy atom. The highest BCUT2D eigenvalue weighted by atomic mass is 32.2. The summed E-state index contributed by atoms with van der Waals surface area (Å²) in [6.07, 6.45) is 3.20. The number of fused-ring (bicyclic) bond motifs is 2. The molecule has 212 valence electrons. The molecule has 0 bridgehead atoms. The van der Waals surface area contributed by atoms with E-state index in [0.29, 0.717) is 12.1 Å². The van der Waals surface area contributed by atoms with E-state index in [1.54, 1.807) is 43.3 Å². The lowest BCUT2D eigenvalue weighted by atomic mass is 9.85. The number of likely N-dealkylation sites (tertiary alicyclic amines) is 1. The zero-order valence-corrected chi connectivity index (χ0v) is 24.1. The number of hydrogen-bond acceptors (Lipinski definition) is 7. The van der Waals surface area contributed by atoms with Gasteiger partial charge in [0.15, 0.2) is 0 Å². The molecule has 5 atom stereocenters. The minimum Gasteiger partial charge on any atom is -0.342 e. The van der Waals surface area contributed by atoms with Gasteiger partial charge in [-0.05, 0) is 50.1 Å². The number of anilines is 1. The molecule has 11 nitrogen and oxygen atoms in total. The highest BCUT2D eigenvalue weighted by molar-refractivity contribution is 7.88. The Kier molecular flexibility index (Phi) is 8.02. The molecule has 0 spiro atoms. The molecule has 0 radical (unpaired) electrons. The summed E-state index contributed by atoms with van der Waals surface area (Å²) in [5.41, 5.74) is 0.660. The lowest BCUT2D eigenvalue weighted by Crippen LogP contribution is -2.59. The number of sulfonamides is 1. The number of rotatable bonds is 7. The second-order valence-corrected chi connectivity index (χ2v) is 13.4. The van der Waals surface area contributed by atoms with Crippen LogP contribution in [0.25, 0.3) is 10.9 Å². The van der Waals surface area contributed by atoms with E-state index in [2.05, 4.69) is 20.9 Å². The predicted octanol–water partition coefficient (Wildman–Crippen LogP) is 1.17. The lowest BCUT2D eigenvalue weighted by Gasteiger charge is -2.37. The van der Waals surface area contributed by atoms with Gasteiger partial charge in [0.2, 0.25) is 27.7 Å². The van der Waals surface area contributed by atoms with Crippen molar-refractivity contribution in [1.29, 1.82) is 0 Å². The molecule has 1 aromatic carbocycles. The summed E-state index contributed by atoms with van der Waals surface area (Å²) < 4.78 is 26.8. The van der Waals surface area contributed by atoms with Gasteiger partial charge in [-0.15, -0.1) is 0 Å². The van der Waals surface area contributed by atoms with Gasteiger partial charge in [-0.2, -0.15) is 4.31 Å². The first-order valence-corrected chi connectivity index (χ1v) is 15.0. The Balaban J connectivity index is 1.66. The number of nitrogens with one attached hydrogen (secondary N) is 3. The van der Waals surface area contributed by atoms with Crippen molar-refractivity contribution in [1.82, 2.24) is 24.8 Å². The van der Waals surface area contributed by atoms with Crippen LogP contribution in [0.3, 0.4) is 0 Å². The summed E-state index contributed by atoms with van der Waals surface area (Å²) in [6, 6.07) is 6.48. The Morgan fingerprint density at radius 3 is 2.49 bits per heavy atom. The number of nitrogens with zero attached hydrogens (tertiary/aromatic N) is 3. The largest absolute Gasteiger partial charge is 0.342 e. The van der Waals surface area contributed by atoms with Gasteiger partial charge in [0.25, 0.3) is 0 Å². The van der Waals surface area contributed by atoms with Gasteiger partial charge in [0.1, 0.15) is 6.04 Å². The molecule has 3 amide bonds. The molecule has 2 aliphatic rings. The molecule has 2 fully saturated rings. The summed E-state index contributed by atoms with van der Waals surface area (Å²) in [4.78, 5) is 46.4. The third kappa shape index (κ3) is 5.78. The number of carbonyl (C=O) groups is 3. The van der Waals surface area contributed by atoms with Gasteiger partial charge in [0.05, 0.1) is 35.5 Å². The molecular formula is C27H38N6O5S. The Morgan fingerprint density at radius 1 is 1.13 bits per heavy atom. The van der Waals surface area contributed by atoms with Gasteiger partial charge >= 0.3 is 0 Å². The predicted molar refractivity (Wildman–Crippen MR) is 149 cm³/mol. The molecule has 39 heavy (non-hydrogen) atoms. The van der Waals surface area contributed by atoms with Gasteiger partial charge in [0, 0.05) is 30.7 Å². The minimum atomic E-state index is -3.63. The average Bonchev–Trinajstić information content (AvgIpc) is 3.46. The van der Waals surface area contributed by atoms with E-state index < -0.39 is 45.5 Å². The molecular weight excluding hydrogens is 520 g/mol. The zero-order valence-electron chi connectivity index (χ0n) is 23.3. The van der Waals surface area contributed by atoms with Crippen molar-refractivity contribution in [3.05, 3.63) is 36.5 Å². The smallest absolute Gasteiger partial charge is 0.246 e. The van der Waals surface area contributed by atoms with E-state index in [1.807, 2.05) is 32.9 Å². The van der Waals surface area contributed by atoms with Gasteiger partial charge in [-0.25, -0.2) is 8.42 Å². The fraction of sp³-hybridized carbons (Fsp3) is 0.556. The molecule has 1 aromatic heterocycles. The molecule has 0 saturated carbocycles. The van der Waals surface area contributed by atoms with Crippen LogP contribution in [-0.4, -0.2) is 90.9 Å². The fourth-order valence-corrected chi connectivity index (χ4v) is 6.72. The van der Waals surface area contributed by atoms with Crippen LogP contribution in [0.15, 0.2) is 36.5 Å². The van der Waals surface area contributed by atoms with Crippen molar-refractivity contribution in [3.63, 3.8) is 0 Å². The van der Waals surface area contributed by atoms with E-state index in [0.717, 1.165) is 17.2 Å². The molecule has 12 heteroatoms. The third-order valence-corrected chi connectivity index (χ3v) is 9.03. The van der Waals surface area contributed by atoms with Gasteiger partial charge in [-0.3, -0.25) is 19.4 Å². The quantitative estimate of drug-likeness (QED) is 0.463. The fourth-order valence-electron chi connectivity index (χ4n) is 5.56. The molecule has 0 aliphatic carbocycles. The number of pyridine rings is 1. The van der Waals surface area contributed by atoms with Crippen LogP contribution in [0.4, 0.5) is 5.69 Å². The Bertz CT molecular complexity index is 1370. The molecule has 2 aromatic rings. The van der Waals surface area contributed by atoms with Crippen LogP contribution < -0.4 is 16.0 Å². The van der Waals surface area contributed by atoms with Crippen molar-refractivity contribution in [3.8, 4) is 0 Å². The second kappa shape index (κ2) is 10.8. The maximum atomic E-state index is 14.0. The molecule has 2 saturated heterocycles. The molecule has 4 rings (SSSR count). The molecule has 3 heterocycles. The van der Waals surface area contributed by atoms with Crippen LogP contribution in [0.5, 0.6) is 0 Å². The summed E-state index contributed by atoms with van der Waals surface area (Å²) in [6.45, 7) is 7.55. The number of benzene rings is 1. The molecule has 0 unspecified atom stereocenters. The monoisotopic (exact) mass is 558 g/mol. The summed E-state index contributed by atoms with van der Waals surface area (Å²) in [5.74, 6) is -1.80. The minimum absolute atomic E-state index is 0.0316. The van der Waals surface area contributed by atoms with Crippen molar-refractivity contribution in [2.45, 2.75) is 58.3 Å². The van der Waals surface area contributed by atoms with Crippen LogP contribution in [0.2, 0.25) is 0 Å². The Hall–Kier alpha value is -3.09. The number of hydrogen-bond donors (Lipinski definition) is 3. The molecule has 2 aliphatic heterocycles. The van der Waals surface area contributed by atoms with E-state index in [4.69, 9.17) is 0 Å². The highest BCUT2D eigenvalue weighted by Crippen LogP contribution is 2.39. The number of carbonyl (C=O) groups excluding carboxylic acids is 3. The SMILES string of the molecule is CN[C@H](C)C(=O)N[C@H](C(=O)N1CC[C@@H]2[C@H]1[C@@H](C(=O)Nc1cccc3ncccc13)CN2S(C)(=O)=O)C(C)(C)C. The molecule has 3 N–H and O–H groups in total. The first kappa shape index (κ1) is 28.9. The van der Waals surface area contributed by atoms with Crippen molar-refractivity contribution in [2.24, 2.45) is 11.3 Å². The highest BCUT2D eigenvalue weighted by Gasteiger charge is 2.56. The normalized spacial score (nSPS) is 23.3. The summed E-state index contributed by atoms with van der Waals surface area (Å²) in [5, 5.41) is 9.49. The maximum Gasteiger partial charge on any atom is 0.246 e. The zero-order chi connectivity index (χ0) is 28.7. The van der Waals surface area contributed by atoms with Gasteiger partial charge < -0.3 is 20.9 Å². The van der Waals surface area contributed by atoms with E-state index in [1.165, 1.54) is 4.31 Å². The van der Waals surface area contributed by atoms with Gasteiger partial charge in [-0.1, -0.05) is 26.8 Å². The number of amides is 3. The first-order valence-electron chi connectivity index (χ1n) is 13.1. The van der Waals surface area contributed by atoms with Crippen molar-refractivity contribution >= 4 is 44.3 Å². The van der Waals surface area contributed by atoms with E-state index in [-0.39, 0.29) is 30.8 Å². The first-order chi connectivity index (χ1) is 18.2. The van der Waals surface area contributed by atoms with Crippen molar-refractivity contribution < 1.29 is 22.8 Å². The van der Waals surface area contributed by atoms with Crippen molar-refractivity contribution in [2.75, 3.05) is 31.7 Å². The second-order valence-electron chi connectivity index (χ2n) is 11.5. The Labute approximate surface area is 229 Å². The summed E-state index contributed by atoms with van der Waals surface area (Å²) >= 11 is 0. The van der Waals surface area contributed by atoms with E-state index >= 15 is 0 Å². The van der Waals surface area contributed by atoms with Crippen LogP contribution >= 0.6 is 0 Å². The maximum absolute atomic E-state index is 14.0. The topological polar surface area (TPSA) is 141 Å². The lowest BCUT2D eigenvalue weighted by molar-refractivity contribution is -0.141. The number of aromatic nitrogens is 1. The van der Waals surface area contributed by atoms with E-state index in [9.17, 15) is 22.8 Å². The van der Waals surface area contributed by atoms with Crippen LogP contribution in [0, 0.1) is 11.3 Å². The third-order valence-electron chi connectivity index (χ3n) is 7.75. The average molecular weight is 559 g/mol. The summed E-state index contributed by atoms with van der Waals surface area (Å²) in [7, 11) is -1.97.